The Labute approximate surface area is 112 Å². The van der Waals surface area contributed by atoms with Gasteiger partial charge in [0.2, 0.25) is 0 Å². The van der Waals surface area contributed by atoms with E-state index in [4.69, 9.17) is 9.84 Å². The van der Waals surface area contributed by atoms with Gasteiger partial charge in [-0.05, 0) is 45.2 Å². The molecule has 19 heavy (non-hydrogen) atoms. The van der Waals surface area contributed by atoms with Crippen molar-refractivity contribution >= 4 is 5.97 Å². The van der Waals surface area contributed by atoms with Crippen molar-refractivity contribution in [3.63, 3.8) is 0 Å². The summed E-state index contributed by atoms with van der Waals surface area (Å²) < 4.78 is 6.86. The molecule has 0 saturated carbocycles. The van der Waals surface area contributed by atoms with Crippen molar-refractivity contribution in [1.82, 2.24) is 4.57 Å². The molecule has 0 fully saturated rings. The second-order valence-electron chi connectivity index (χ2n) is 4.89. The molecule has 0 atom stereocenters. The quantitative estimate of drug-likeness (QED) is 0.800. The summed E-state index contributed by atoms with van der Waals surface area (Å²) in [7, 11) is 0. The zero-order valence-electron chi connectivity index (χ0n) is 11.9. The van der Waals surface area contributed by atoms with Gasteiger partial charge in [0.05, 0.1) is 6.10 Å². The van der Waals surface area contributed by atoms with Gasteiger partial charge < -0.3 is 14.4 Å². The number of carboxylic acids is 1. The van der Waals surface area contributed by atoms with Crippen LogP contribution in [0.5, 0.6) is 0 Å². The van der Waals surface area contributed by atoms with Crippen LogP contribution in [0, 0.1) is 13.8 Å². The van der Waals surface area contributed by atoms with Gasteiger partial charge >= 0.3 is 5.97 Å². The Balaban J connectivity index is 2.91. The van der Waals surface area contributed by atoms with Crippen LogP contribution >= 0.6 is 0 Å². The highest BCUT2D eigenvalue weighted by molar-refractivity contribution is 5.89. The Morgan fingerprint density at radius 2 is 2.05 bits per heavy atom. The lowest BCUT2D eigenvalue weighted by atomic mass is 10.1. The minimum Gasteiger partial charge on any atom is -0.477 e. The fraction of sp³-hybridized carbons (Fsp3) is 0.571. The van der Waals surface area contributed by atoms with E-state index >= 15 is 0 Å². The van der Waals surface area contributed by atoms with Crippen LogP contribution in [0.3, 0.4) is 0 Å². The Morgan fingerprint density at radius 1 is 1.42 bits per heavy atom. The first-order valence-corrected chi connectivity index (χ1v) is 6.40. The topological polar surface area (TPSA) is 68.5 Å². The molecule has 0 aliphatic heterocycles. The Hall–Kier alpha value is -1.62. The number of carboxylic acid groups (broad SMARTS) is 1. The van der Waals surface area contributed by atoms with Gasteiger partial charge in [0.1, 0.15) is 5.56 Å². The molecule has 106 valence electrons. The summed E-state index contributed by atoms with van der Waals surface area (Å²) >= 11 is 0. The van der Waals surface area contributed by atoms with Crippen LogP contribution in [0.15, 0.2) is 11.0 Å². The minimum absolute atomic E-state index is 0.134. The molecule has 5 nitrogen and oxygen atoms in total. The third-order valence-electron chi connectivity index (χ3n) is 3.00. The molecule has 0 aromatic carbocycles. The van der Waals surface area contributed by atoms with Crippen molar-refractivity contribution in [2.75, 3.05) is 6.61 Å². The first-order chi connectivity index (χ1) is 8.84. The lowest BCUT2D eigenvalue weighted by Crippen LogP contribution is -2.28. The summed E-state index contributed by atoms with van der Waals surface area (Å²) in [6.07, 6.45) is 2.55. The van der Waals surface area contributed by atoms with E-state index in [0.29, 0.717) is 25.1 Å². The summed E-state index contributed by atoms with van der Waals surface area (Å²) in [6, 6.07) is 0. The first-order valence-electron chi connectivity index (χ1n) is 6.40. The molecule has 1 rings (SSSR count). The molecule has 0 aliphatic carbocycles. The van der Waals surface area contributed by atoms with Crippen LogP contribution in [-0.2, 0) is 11.3 Å². The van der Waals surface area contributed by atoms with Crippen LogP contribution in [0.4, 0.5) is 0 Å². The number of ether oxygens (including phenoxy) is 1. The van der Waals surface area contributed by atoms with Gasteiger partial charge in [-0.15, -0.1) is 0 Å². The van der Waals surface area contributed by atoms with Crippen molar-refractivity contribution < 1.29 is 14.6 Å². The SMILES string of the molecule is Cc1cn(CCCOC(C)C)c(=O)c(C(=O)O)c1C. The van der Waals surface area contributed by atoms with E-state index in [1.54, 1.807) is 13.1 Å². The summed E-state index contributed by atoms with van der Waals surface area (Å²) in [5.41, 5.74) is 0.763. The molecule has 0 amide bonds. The molecule has 0 saturated heterocycles. The molecule has 0 radical (unpaired) electrons. The van der Waals surface area contributed by atoms with E-state index in [9.17, 15) is 9.59 Å². The molecule has 1 aromatic heterocycles. The highest BCUT2D eigenvalue weighted by Gasteiger charge is 2.16. The number of nitrogens with zero attached hydrogens (tertiary/aromatic N) is 1. The second kappa shape index (κ2) is 6.52. The minimum atomic E-state index is -1.17. The predicted molar refractivity (Wildman–Crippen MR) is 72.8 cm³/mol. The van der Waals surface area contributed by atoms with Crippen molar-refractivity contribution in [2.24, 2.45) is 0 Å². The summed E-state index contributed by atoms with van der Waals surface area (Å²) in [5.74, 6) is -1.17. The molecule has 5 heteroatoms. The third-order valence-corrected chi connectivity index (χ3v) is 3.00. The van der Waals surface area contributed by atoms with Gasteiger partial charge in [0.15, 0.2) is 0 Å². The molecule has 0 unspecified atom stereocenters. The number of rotatable bonds is 6. The smallest absolute Gasteiger partial charge is 0.341 e. The van der Waals surface area contributed by atoms with Crippen molar-refractivity contribution in [3.05, 3.63) is 33.2 Å². The van der Waals surface area contributed by atoms with Crippen LogP contribution in [-0.4, -0.2) is 28.4 Å². The Bertz CT molecular complexity index is 517. The van der Waals surface area contributed by atoms with Gasteiger partial charge in [0, 0.05) is 19.3 Å². The van der Waals surface area contributed by atoms with Crippen molar-refractivity contribution in [1.29, 1.82) is 0 Å². The maximum absolute atomic E-state index is 12.1. The Morgan fingerprint density at radius 3 is 2.58 bits per heavy atom. The molecule has 1 aromatic rings. The van der Waals surface area contributed by atoms with E-state index in [1.807, 2.05) is 20.8 Å². The predicted octanol–water partition coefficient (Wildman–Crippen LogP) is 1.98. The van der Waals surface area contributed by atoms with Gasteiger partial charge in [-0.3, -0.25) is 4.79 Å². The maximum Gasteiger partial charge on any atom is 0.341 e. The molecule has 1 N–H and O–H groups in total. The maximum atomic E-state index is 12.1. The molecule has 0 aliphatic rings. The van der Waals surface area contributed by atoms with E-state index in [-0.39, 0.29) is 11.7 Å². The Kier molecular flexibility index (Phi) is 5.30. The summed E-state index contributed by atoms with van der Waals surface area (Å²) in [4.78, 5) is 23.2. The summed E-state index contributed by atoms with van der Waals surface area (Å²) in [6.45, 7) is 8.39. The van der Waals surface area contributed by atoms with E-state index < -0.39 is 11.5 Å². The van der Waals surface area contributed by atoms with Crippen LogP contribution < -0.4 is 5.56 Å². The van der Waals surface area contributed by atoms with Gasteiger partial charge in [0.25, 0.3) is 5.56 Å². The first kappa shape index (κ1) is 15.4. The average Bonchev–Trinajstić information content (AvgIpc) is 2.30. The second-order valence-corrected chi connectivity index (χ2v) is 4.89. The number of hydrogen-bond acceptors (Lipinski definition) is 3. The molecule has 0 bridgehead atoms. The highest BCUT2D eigenvalue weighted by atomic mass is 16.5. The number of aryl methyl sites for hydroxylation is 2. The molecule has 1 heterocycles. The lowest BCUT2D eigenvalue weighted by molar-refractivity contribution is 0.0692. The number of aromatic nitrogens is 1. The van der Waals surface area contributed by atoms with Crippen molar-refractivity contribution in [2.45, 2.75) is 46.8 Å². The largest absolute Gasteiger partial charge is 0.477 e. The molecular weight excluding hydrogens is 246 g/mol. The standard InChI is InChI=1S/C14H21NO4/c1-9(2)19-7-5-6-15-8-10(3)11(4)12(13(15)16)14(17)18/h8-9H,5-7H2,1-4H3,(H,17,18). The average molecular weight is 267 g/mol. The lowest BCUT2D eigenvalue weighted by Gasteiger charge is -2.12. The van der Waals surface area contributed by atoms with Gasteiger partial charge in [-0.1, -0.05) is 0 Å². The van der Waals surface area contributed by atoms with E-state index in [2.05, 4.69) is 0 Å². The van der Waals surface area contributed by atoms with Gasteiger partial charge in [-0.25, -0.2) is 4.79 Å². The zero-order chi connectivity index (χ0) is 14.6. The zero-order valence-corrected chi connectivity index (χ0v) is 11.9. The molecule has 0 spiro atoms. The van der Waals surface area contributed by atoms with Crippen LogP contribution in [0.25, 0.3) is 0 Å². The van der Waals surface area contributed by atoms with Gasteiger partial charge in [-0.2, -0.15) is 0 Å². The monoisotopic (exact) mass is 267 g/mol. The van der Waals surface area contributed by atoms with Crippen molar-refractivity contribution in [3.8, 4) is 0 Å². The highest BCUT2D eigenvalue weighted by Crippen LogP contribution is 2.09. The fourth-order valence-corrected chi connectivity index (χ4v) is 1.86. The number of pyridine rings is 1. The fourth-order valence-electron chi connectivity index (χ4n) is 1.86. The normalized spacial score (nSPS) is 11.0. The number of carbonyl (C=O) groups is 1. The van der Waals surface area contributed by atoms with E-state index in [1.165, 1.54) is 4.57 Å². The number of aromatic carboxylic acids is 1. The summed E-state index contributed by atoms with van der Waals surface area (Å²) in [5, 5.41) is 9.10. The molecular formula is C14H21NO4. The number of hydrogen-bond donors (Lipinski definition) is 1. The van der Waals surface area contributed by atoms with E-state index in [0.717, 1.165) is 5.56 Å². The van der Waals surface area contributed by atoms with Crippen LogP contribution in [0.2, 0.25) is 0 Å². The van der Waals surface area contributed by atoms with Crippen LogP contribution in [0.1, 0.15) is 41.8 Å². The third kappa shape index (κ3) is 3.92.